The highest BCUT2D eigenvalue weighted by Crippen LogP contribution is 2.26. The highest BCUT2D eigenvalue weighted by Gasteiger charge is 2.10. The van der Waals surface area contributed by atoms with Gasteiger partial charge in [-0.15, -0.1) is 0 Å². The van der Waals surface area contributed by atoms with Gasteiger partial charge in [-0.3, -0.25) is 0 Å². The second-order valence-corrected chi connectivity index (χ2v) is 6.50. The maximum Gasteiger partial charge on any atom is 0.0633 e. The lowest BCUT2D eigenvalue weighted by molar-refractivity contribution is 0.139. The van der Waals surface area contributed by atoms with Gasteiger partial charge >= 0.3 is 0 Å². The number of benzene rings is 2. The second kappa shape index (κ2) is 7.83. The van der Waals surface area contributed by atoms with Gasteiger partial charge < -0.3 is 4.74 Å². The SMILES string of the molecule is BrC(COCC(Br)c1ccccc1)c1ccccc1. The average molecular weight is 384 g/mol. The van der Waals surface area contributed by atoms with Crippen LogP contribution in [0.4, 0.5) is 0 Å². The standard InChI is InChI=1S/C16H16Br2O/c17-15(13-7-3-1-4-8-13)11-19-12-16(18)14-9-5-2-6-10-14/h1-10,15-16H,11-12H2. The molecule has 0 fully saturated rings. The summed E-state index contributed by atoms with van der Waals surface area (Å²) in [6, 6.07) is 20.6. The Balaban J connectivity index is 1.78. The van der Waals surface area contributed by atoms with Crippen molar-refractivity contribution in [2.45, 2.75) is 9.65 Å². The highest BCUT2D eigenvalue weighted by molar-refractivity contribution is 9.09. The van der Waals surface area contributed by atoms with Crippen LogP contribution in [0.1, 0.15) is 20.8 Å². The molecule has 0 aliphatic carbocycles. The molecule has 0 bridgehead atoms. The summed E-state index contributed by atoms with van der Waals surface area (Å²) in [5.74, 6) is 0. The van der Waals surface area contributed by atoms with E-state index in [1.807, 2.05) is 36.4 Å². The predicted octanol–water partition coefficient (Wildman–Crippen LogP) is 5.28. The first kappa shape index (κ1) is 14.8. The van der Waals surface area contributed by atoms with E-state index in [0.717, 1.165) is 0 Å². The van der Waals surface area contributed by atoms with Crippen LogP contribution in [0.2, 0.25) is 0 Å². The fourth-order valence-corrected chi connectivity index (χ4v) is 2.78. The summed E-state index contributed by atoms with van der Waals surface area (Å²) >= 11 is 7.30. The molecule has 0 radical (unpaired) electrons. The molecule has 3 heteroatoms. The van der Waals surface area contributed by atoms with Crippen molar-refractivity contribution in [2.75, 3.05) is 13.2 Å². The van der Waals surface area contributed by atoms with E-state index in [-0.39, 0.29) is 9.65 Å². The molecule has 0 aromatic heterocycles. The monoisotopic (exact) mass is 382 g/mol. The van der Waals surface area contributed by atoms with Gasteiger partial charge in [-0.2, -0.15) is 0 Å². The number of alkyl halides is 2. The van der Waals surface area contributed by atoms with Crippen molar-refractivity contribution >= 4 is 31.9 Å². The molecule has 2 aromatic rings. The number of rotatable bonds is 6. The Kier molecular flexibility index (Phi) is 6.08. The van der Waals surface area contributed by atoms with Crippen molar-refractivity contribution in [3.63, 3.8) is 0 Å². The fraction of sp³-hybridized carbons (Fsp3) is 0.250. The Morgan fingerprint density at radius 1 is 0.684 bits per heavy atom. The topological polar surface area (TPSA) is 9.23 Å². The van der Waals surface area contributed by atoms with Gasteiger partial charge in [0.25, 0.3) is 0 Å². The Labute approximate surface area is 131 Å². The Bertz CT molecular complexity index is 427. The first-order valence-electron chi connectivity index (χ1n) is 6.23. The minimum atomic E-state index is 0.240. The van der Waals surface area contributed by atoms with Crippen molar-refractivity contribution in [2.24, 2.45) is 0 Å². The van der Waals surface area contributed by atoms with E-state index >= 15 is 0 Å². The lowest BCUT2D eigenvalue weighted by Crippen LogP contribution is -2.07. The van der Waals surface area contributed by atoms with Crippen molar-refractivity contribution in [3.8, 4) is 0 Å². The number of hydrogen-bond donors (Lipinski definition) is 0. The minimum Gasteiger partial charge on any atom is -0.378 e. The fourth-order valence-electron chi connectivity index (χ4n) is 1.79. The Morgan fingerprint density at radius 3 is 1.42 bits per heavy atom. The molecule has 100 valence electrons. The molecule has 0 heterocycles. The van der Waals surface area contributed by atoms with Crippen LogP contribution in [0.5, 0.6) is 0 Å². The van der Waals surface area contributed by atoms with E-state index in [1.165, 1.54) is 11.1 Å². The van der Waals surface area contributed by atoms with Gasteiger partial charge in [0.1, 0.15) is 0 Å². The van der Waals surface area contributed by atoms with Crippen LogP contribution in [-0.2, 0) is 4.74 Å². The number of hydrogen-bond acceptors (Lipinski definition) is 1. The Hall–Kier alpha value is -0.640. The van der Waals surface area contributed by atoms with Gasteiger partial charge in [0.2, 0.25) is 0 Å². The molecule has 2 rings (SSSR count). The van der Waals surface area contributed by atoms with Crippen LogP contribution in [0.15, 0.2) is 60.7 Å². The van der Waals surface area contributed by atoms with E-state index in [9.17, 15) is 0 Å². The average Bonchev–Trinajstić information content (AvgIpc) is 2.49. The van der Waals surface area contributed by atoms with E-state index in [2.05, 4.69) is 56.1 Å². The molecule has 2 unspecified atom stereocenters. The predicted molar refractivity (Wildman–Crippen MR) is 87.0 cm³/mol. The zero-order valence-corrected chi connectivity index (χ0v) is 13.7. The molecule has 1 nitrogen and oxygen atoms in total. The molecule has 2 atom stereocenters. The first-order valence-corrected chi connectivity index (χ1v) is 8.06. The van der Waals surface area contributed by atoms with Crippen LogP contribution in [0.3, 0.4) is 0 Å². The minimum absolute atomic E-state index is 0.240. The maximum atomic E-state index is 5.77. The smallest absolute Gasteiger partial charge is 0.0633 e. The van der Waals surface area contributed by atoms with Gasteiger partial charge in [-0.25, -0.2) is 0 Å². The van der Waals surface area contributed by atoms with Gasteiger partial charge in [-0.1, -0.05) is 92.5 Å². The van der Waals surface area contributed by atoms with E-state index < -0.39 is 0 Å². The van der Waals surface area contributed by atoms with Crippen molar-refractivity contribution in [1.82, 2.24) is 0 Å². The van der Waals surface area contributed by atoms with Crippen molar-refractivity contribution < 1.29 is 4.74 Å². The molecule has 0 spiro atoms. The summed E-state index contributed by atoms with van der Waals surface area (Å²) < 4.78 is 5.77. The van der Waals surface area contributed by atoms with Crippen molar-refractivity contribution in [1.29, 1.82) is 0 Å². The van der Waals surface area contributed by atoms with Crippen LogP contribution in [0, 0.1) is 0 Å². The van der Waals surface area contributed by atoms with Crippen LogP contribution in [-0.4, -0.2) is 13.2 Å². The molecule has 0 amide bonds. The molecule has 0 saturated heterocycles. The summed E-state index contributed by atoms with van der Waals surface area (Å²) in [5, 5.41) is 0. The molecule has 0 aliphatic rings. The molecular formula is C16H16Br2O. The third kappa shape index (κ3) is 4.75. The lowest BCUT2D eigenvalue weighted by Gasteiger charge is -2.14. The molecule has 19 heavy (non-hydrogen) atoms. The molecule has 0 aliphatic heterocycles. The van der Waals surface area contributed by atoms with Crippen LogP contribution < -0.4 is 0 Å². The quantitative estimate of drug-likeness (QED) is 0.617. The second-order valence-electron chi connectivity index (χ2n) is 4.29. The molecule has 2 aromatic carbocycles. The van der Waals surface area contributed by atoms with Gasteiger partial charge in [-0.05, 0) is 11.1 Å². The zero-order valence-electron chi connectivity index (χ0n) is 10.5. The van der Waals surface area contributed by atoms with E-state index in [0.29, 0.717) is 13.2 Å². The van der Waals surface area contributed by atoms with E-state index in [1.54, 1.807) is 0 Å². The highest BCUT2D eigenvalue weighted by atomic mass is 79.9. The van der Waals surface area contributed by atoms with Crippen LogP contribution >= 0.6 is 31.9 Å². The number of ether oxygens (including phenoxy) is 1. The summed E-state index contributed by atoms with van der Waals surface area (Å²) in [6.07, 6.45) is 0. The lowest BCUT2D eigenvalue weighted by atomic mass is 10.1. The molecule has 0 saturated carbocycles. The normalized spacial score (nSPS) is 14.0. The summed E-state index contributed by atoms with van der Waals surface area (Å²) in [7, 11) is 0. The third-order valence-electron chi connectivity index (χ3n) is 2.85. The molecular weight excluding hydrogens is 368 g/mol. The summed E-state index contributed by atoms with van der Waals surface area (Å²) in [5.41, 5.74) is 2.49. The van der Waals surface area contributed by atoms with E-state index in [4.69, 9.17) is 4.74 Å². The summed E-state index contributed by atoms with van der Waals surface area (Å²) in [4.78, 5) is 0.480. The Morgan fingerprint density at radius 2 is 1.05 bits per heavy atom. The van der Waals surface area contributed by atoms with Gasteiger partial charge in [0, 0.05) is 0 Å². The first-order chi connectivity index (χ1) is 9.27. The molecule has 0 N–H and O–H groups in total. The third-order valence-corrected chi connectivity index (χ3v) is 4.44. The maximum absolute atomic E-state index is 5.77. The zero-order chi connectivity index (χ0) is 13.5. The summed E-state index contributed by atoms with van der Waals surface area (Å²) in [6.45, 7) is 1.33. The van der Waals surface area contributed by atoms with Crippen LogP contribution in [0.25, 0.3) is 0 Å². The van der Waals surface area contributed by atoms with Gasteiger partial charge in [0.15, 0.2) is 0 Å². The van der Waals surface area contributed by atoms with Gasteiger partial charge in [0.05, 0.1) is 22.9 Å². The van der Waals surface area contributed by atoms with Crippen molar-refractivity contribution in [3.05, 3.63) is 71.8 Å². The largest absolute Gasteiger partial charge is 0.378 e. The number of halogens is 2.